The summed E-state index contributed by atoms with van der Waals surface area (Å²) in [5, 5.41) is 0.651. The van der Waals surface area contributed by atoms with E-state index < -0.39 is 0 Å². The molecule has 1 fully saturated rings. The Morgan fingerprint density at radius 2 is 1.79 bits per heavy atom. The molecule has 2 atom stereocenters. The zero-order valence-electron chi connectivity index (χ0n) is 12.8. The number of hydrogen-bond donors (Lipinski definition) is 2. The van der Waals surface area contributed by atoms with Crippen molar-refractivity contribution < 1.29 is 14.0 Å². The molecule has 2 N–H and O–H groups in total. The van der Waals surface area contributed by atoms with Gasteiger partial charge in [-0.2, -0.15) is 0 Å². The highest BCUT2D eigenvalue weighted by Gasteiger charge is 2.44. The Morgan fingerprint density at radius 1 is 1.08 bits per heavy atom. The van der Waals surface area contributed by atoms with Gasteiger partial charge in [0.2, 0.25) is 11.8 Å². The first kappa shape index (κ1) is 16.5. The van der Waals surface area contributed by atoms with Gasteiger partial charge in [-0.1, -0.05) is 41.9 Å². The number of halogens is 2. The van der Waals surface area contributed by atoms with Crippen LogP contribution in [0.1, 0.15) is 23.5 Å². The van der Waals surface area contributed by atoms with Crippen molar-refractivity contribution in [2.45, 2.75) is 18.8 Å². The van der Waals surface area contributed by atoms with Gasteiger partial charge in [0.25, 0.3) is 0 Å². The van der Waals surface area contributed by atoms with Crippen molar-refractivity contribution >= 4 is 23.4 Å². The molecule has 3 rings (SSSR count). The molecule has 2 unspecified atom stereocenters. The van der Waals surface area contributed by atoms with Crippen LogP contribution in [0.5, 0.6) is 0 Å². The lowest BCUT2D eigenvalue weighted by Crippen LogP contribution is -2.43. The zero-order valence-corrected chi connectivity index (χ0v) is 13.5. The van der Waals surface area contributed by atoms with E-state index in [2.05, 4.69) is 10.9 Å². The lowest BCUT2D eigenvalue weighted by Gasteiger charge is -2.08. The van der Waals surface area contributed by atoms with Crippen molar-refractivity contribution in [2.75, 3.05) is 0 Å². The number of rotatable bonds is 4. The Kier molecular flexibility index (Phi) is 4.81. The lowest BCUT2D eigenvalue weighted by molar-refractivity contribution is -0.129. The molecule has 1 aliphatic carbocycles. The first-order valence-electron chi connectivity index (χ1n) is 7.62. The summed E-state index contributed by atoms with van der Waals surface area (Å²) in [6.07, 6.45) is 0.780. The maximum Gasteiger partial charge on any atom is 0.242 e. The van der Waals surface area contributed by atoms with Gasteiger partial charge in [0.15, 0.2) is 0 Å². The predicted octanol–water partition coefficient (Wildman–Crippen LogP) is 2.97. The Bertz CT molecular complexity index is 764. The molecule has 4 nitrogen and oxygen atoms in total. The summed E-state index contributed by atoms with van der Waals surface area (Å²) >= 11 is 6.13. The van der Waals surface area contributed by atoms with Crippen LogP contribution >= 0.6 is 11.6 Å². The molecule has 24 heavy (non-hydrogen) atoms. The third kappa shape index (κ3) is 3.92. The first-order chi connectivity index (χ1) is 11.5. The van der Waals surface area contributed by atoms with E-state index in [9.17, 15) is 14.0 Å². The Labute approximate surface area is 144 Å². The molecule has 0 spiro atoms. The molecule has 2 aromatic rings. The van der Waals surface area contributed by atoms with Crippen molar-refractivity contribution in [3.63, 3.8) is 0 Å². The van der Waals surface area contributed by atoms with Crippen molar-refractivity contribution in [1.82, 2.24) is 10.9 Å². The van der Waals surface area contributed by atoms with Gasteiger partial charge in [-0.05, 0) is 41.7 Å². The maximum atomic E-state index is 12.8. The lowest BCUT2D eigenvalue weighted by atomic mass is 10.1. The van der Waals surface area contributed by atoms with Crippen LogP contribution in [0.4, 0.5) is 4.39 Å². The predicted molar refractivity (Wildman–Crippen MR) is 88.7 cm³/mol. The fraction of sp³-hybridized carbons (Fsp3) is 0.222. The van der Waals surface area contributed by atoms with Crippen LogP contribution in [0, 0.1) is 11.7 Å². The van der Waals surface area contributed by atoms with Crippen LogP contribution in [0.3, 0.4) is 0 Å². The van der Waals surface area contributed by atoms with Crippen LogP contribution in [-0.2, 0) is 16.0 Å². The van der Waals surface area contributed by atoms with Gasteiger partial charge in [-0.3, -0.25) is 20.4 Å². The minimum absolute atomic E-state index is 0.0686. The highest BCUT2D eigenvalue weighted by atomic mass is 35.5. The molecule has 0 aliphatic heterocycles. The Balaban J connectivity index is 1.47. The molecule has 0 aromatic heterocycles. The molecule has 124 valence electrons. The highest BCUT2D eigenvalue weighted by molar-refractivity contribution is 6.31. The molecule has 1 saturated carbocycles. The van der Waals surface area contributed by atoms with Gasteiger partial charge in [0, 0.05) is 10.9 Å². The van der Waals surface area contributed by atoms with Crippen LogP contribution in [-0.4, -0.2) is 11.8 Å². The topological polar surface area (TPSA) is 58.2 Å². The summed E-state index contributed by atoms with van der Waals surface area (Å²) in [4.78, 5) is 23.9. The third-order valence-electron chi connectivity index (χ3n) is 4.03. The van der Waals surface area contributed by atoms with Crippen LogP contribution in [0.25, 0.3) is 0 Å². The fourth-order valence-corrected chi connectivity index (χ4v) is 2.94. The normalized spacial score (nSPS) is 18.8. The summed E-state index contributed by atoms with van der Waals surface area (Å²) in [5.41, 5.74) is 6.45. The van der Waals surface area contributed by atoms with Gasteiger partial charge in [-0.25, -0.2) is 4.39 Å². The van der Waals surface area contributed by atoms with E-state index in [0.717, 1.165) is 5.56 Å². The van der Waals surface area contributed by atoms with Crippen LogP contribution in [0.15, 0.2) is 48.5 Å². The Morgan fingerprint density at radius 3 is 2.50 bits per heavy atom. The first-order valence-corrected chi connectivity index (χ1v) is 8.00. The van der Waals surface area contributed by atoms with Gasteiger partial charge in [0.05, 0.1) is 6.42 Å². The smallest absolute Gasteiger partial charge is 0.242 e. The number of nitrogens with one attached hydrogen (secondary N) is 2. The fourth-order valence-electron chi connectivity index (χ4n) is 2.66. The molecule has 2 amide bonds. The third-order valence-corrected chi connectivity index (χ3v) is 4.38. The standard InChI is InChI=1S/C18H16ClFN2O2/c19-16-4-2-1-3-13(16)14-10-15(14)18(24)22-21-17(23)9-11-5-7-12(20)8-6-11/h1-8,14-15H,9-10H2,(H,21,23)(H,22,24). The number of amides is 2. The Hall–Kier alpha value is -2.40. The van der Waals surface area contributed by atoms with E-state index in [0.29, 0.717) is 17.0 Å². The summed E-state index contributed by atoms with van der Waals surface area (Å²) in [5.74, 6) is -1.03. The SMILES string of the molecule is O=C(Cc1ccc(F)cc1)NNC(=O)C1CC1c1ccccc1Cl. The van der Waals surface area contributed by atoms with Crippen LogP contribution < -0.4 is 10.9 Å². The summed E-state index contributed by atoms with van der Waals surface area (Å²) in [6.45, 7) is 0. The number of hydrogen-bond acceptors (Lipinski definition) is 2. The average Bonchev–Trinajstić information content (AvgIpc) is 3.36. The molecule has 0 radical (unpaired) electrons. The second kappa shape index (κ2) is 7.01. The monoisotopic (exact) mass is 346 g/mol. The zero-order chi connectivity index (χ0) is 17.1. The molecular formula is C18H16ClFN2O2. The van der Waals surface area contributed by atoms with Crippen LogP contribution in [0.2, 0.25) is 5.02 Å². The van der Waals surface area contributed by atoms with Gasteiger partial charge in [0.1, 0.15) is 5.82 Å². The number of hydrazine groups is 1. The quantitative estimate of drug-likeness (QED) is 0.836. The van der Waals surface area contributed by atoms with Crippen molar-refractivity contribution in [2.24, 2.45) is 5.92 Å². The summed E-state index contributed by atoms with van der Waals surface area (Å²) in [7, 11) is 0. The number of carbonyl (C=O) groups excluding carboxylic acids is 2. The van der Waals surface area contributed by atoms with E-state index in [1.807, 2.05) is 18.2 Å². The highest BCUT2D eigenvalue weighted by Crippen LogP contribution is 2.49. The maximum absolute atomic E-state index is 12.8. The molecule has 1 aliphatic rings. The van der Waals surface area contributed by atoms with Crippen molar-refractivity contribution in [3.8, 4) is 0 Å². The van der Waals surface area contributed by atoms with Crippen molar-refractivity contribution in [3.05, 3.63) is 70.5 Å². The minimum Gasteiger partial charge on any atom is -0.273 e. The second-order valence-corrected chi connectivity index (χ2v) is 6.22. The van der Waals surface area contributed by atoms with Gasteiger partial charge >= 0.3 is 0 Å². The van der Waals surface area contributed by atoms with Crippen molar-refractivity contribution in [1.29, 1.82) is 0 Å². The van der Waals surface area contributed by atoms with E-state index >= 15 is 0 Å². The molecular weight excluding hydrogens is 331 g/mol. The van der Waals surface area contributed by atoms with Gasteiger partial charge in [-0.15, -0.1) is 0 Å². The average molecular weight is 347 g/mol. The summed E-state index contributed by atoms with van der Waals surface area (Å²) < 4.78 is 12.8. The van der Waals surface area contributed by atoms with E-state index in [4.69, 9.17) is 11.6 Å². The molecule has 2 aromatic carbocycles. The molecule has 0 saturated heterocycles. The number of carbonyl (C=O) groups is 2. The largest absolute Gasteiger partial charge is 0.273 e. The number of benzene rings is 2. The molecule has 0 heterocycles. The summed E-state index contributed by atoms with van der Waals surface area (Å²) in [6, 6.07) is 13.1. The minimum atomic E-state index is -0.357. The molecule has 0 bridgehead atoms. The van der Waals surface area contributed by atoms with Gasteiger partial charge < -0.3 is 0 Å². The van der Waals surface area contributed by atoms with E-state index in [1.165, 1.54) is 24.3 Å². The second-order valence-electron chi connectivity index (χ2n) is 5.81. The van der Waals surface area contributed by atoms with E-state index in [1.54, 1.807) is 6.07 Å². The molecule has 6 heteroatoms. The van der Waals surface area contributed by atoms with E-state index in [-0.39, 0.29) is 35.9 Å².